The fraction of sp³-hybridized carbons (Fsp3) is 0.500. The maximum Gasteiger partial charge on any atom is 0.178 e. The van der Waals surface area contributed by atoms with Crippen LogP contribution < -0.4 is 0 Å². The Hall–Kier alpha value is -0.570. The fourth-order valence-corrected chi connectivity index (χ4v) is 2.77. The Morgan fingerprint density at radius 3 is 2.89 bits per heavy atom. The van der Waals surface area contributed by atoms with Crippen LogP contribution in [0.1, 0.15) is 36.5 Å². The summed E-state index contributed by atoms with van der Waals surface area (Å²) in [7, 11) is 0. The zero-order chi connectivity index (χ0) is 13.1. The van der Waals surface area contributed by atoms with E-state index in [2.05, 4.69) is 11.8 Å². The third kappa shape index (κ3) is 3.25. The molecule has 0 spiro atoms. The summed E-state index contributed by atoms with van der Waals surface area (Å²) in [5, 5.41) is 1.03. The van der Waals surface area contributed by atoms with E-state index >= 15 is 0 Å². The lowest BCUT2D eigenvalue weighted by molar-refractivity contribution is 0.0860. The van der Waals surface area contributed by atoms with E-state index in [-0.39, 0.29) is 5.78 Å². The molecule has 1 heterocycles. The van der Waals surface area contributed by atoms with Gasteiger partial charge in [-0.05, 0) is 44.5 Å². The molecular formula is C14H17Cl2NO. The SMILES string of the molecule is C[C@H]1CCCCN1CC(=O)c1cc(Cl)ccc1Cl. The second-order valence-corrected chi connectivity index (χ2v) is 5.71. The van der Waals surface area contributed by atoms with Crippen LogP contribution in [0.2, 0.25) is 10.0 Å². The highest BCUT2D eigenvalue weighted by Gasteiger charge is 2.22. The summed E-state index contributed by atoms with van der Waals surface area (Å²) >= 11 is 12.0. The van der Waals surface area contributed by atoms with Crippen molar-refractivity contribution in [2.75, 3.05) is 13.1 Å². The summed E-state index contributed by atoms with van der Waals surface area (Å²) in [5.74, 6) is 0.0521. The van der Waals surface area contributed by atoms with Gasteiger partial charge >= 0.3 is 0 Å². The van der Waals surface area contributed by atoms with Crippen molar-refractivity contribution in [1.82, 2.24) is 4.90 Å². The number of hydrogen-bond donors (Lipinski definition) is 0. The van der Waals surface area contributed by atoms with Crippen LogP contribution in [-0.2, 0) is 0 Å². The Balaban J connectivity index is 2.09. The predicted molar refractivity (Wildman–Crippen MR) is 75.7 cm³/mol. The van der Waals surface area contributed by atoms with E-state index in [1.165, 1.54) is 12.8 Å². The number of carbonyl (C=O) groups is 1. The minimum absolute atomic E-state index is 0.0521. The number of benzene rings is 1. The first-order valence-corrected chi connectivity index (χ1v) is 7.06. The molecule has 0 bridgehead atoms. The lowest BCUT2D eigenvalue weighted by Gasteiger charge is -2.32. The van der Waals surface area contributed by atoms with Crippen LogP contribution in [0.4, 0.5) is 0 Å². The molecule has 1 atom stereocenters. The average Bonchev–Trinajstić information content (AvgIpc) is 2.35. The Bertz CT molecular complexity index is 447. The average molecular weight is 286 g/mol. The molecule has 4 heteroatoms. The molecule has 1 aliphatic heterocycles. The third-order valence-corrected chi connectivity index (χ3v) is 4.08. The van der Waals surface area contributed by atoms with E-state index in [4.69, 9.17) is 23.2 Å². The maximum atomic E-state index is 12.2. The molecule has 0 unspecified atom stereocenters. The normalized spacial score (nSPS) is 20.9. The summed E-state index contributed by atoms with van der Waals surface area (Å²) in [5.41, 5.74) is 0.530. The van der Waals surface area contributed by atoms with E-state index in [0.717, 1.165) is 13.0 Å². The highest BCUT2D eigenvalue weighted by atomic mass is 35.5. The molecule has 0 aliphatic carbocycles. The van der Waals surface area contributed by atoms with Gasteiger partial charge < -0.3 is 0 Å². The van der Waals surface area contributed by atoms with E-state index in [0.29, 0.717) is 28.2 Å². The number of Topliss-reactive ketones (excluding diaryl/α,β-unsaturated/α-hetero) is 1. The topological polar surface area (TPSA) is 20.3 Å². The minimum Gasteiger partial charge on any atom is -0.293 e. The third-order valence-electron chi connectivity index (χ3n) is 3.52. The largest absolute Gasteiger partial charge is 0.293 e. The molecule has 98 valence electrons. The molecule has 0 saturated carbocycles. The van der Waals surface area contributed by atoms with E-state index in [1.807, 2.05) is 0 Å². The monoisotopic (exact) mass is 285 g/mol. The Morgan fingerprint density at radius 1 is 1.39 bits per heavy atom. The quantitative estimate of drug-likeness (QED) is 0.781. The zero-order valence-electron chi connectivity index (χ0n) is 10.5. The molecule has 1 aromatic carbocycles. The van der Waals surface area contributed by atoms with Crippen molar-refractivity contribution in [3.63, 3.8) is 0 Å². The molecule has 1 fully saturated rings. The van der Waals surface area contributed by atoms with E-state index in [1.54, 1.807) is 18.2 Å². The van der Waals surface area contributed by atoms with Crippen molar-refractivity contribution in [1.29, 1.82) is 0 Å². The number of piperidine rings is 1. The number of carbonyl (C=O) groups excluding carboxylic acids is 1. The number of halogens is 2. The Kier molecular flexibility index (Phi) is 4.66. The fourth-order valence-electron chi connectivity index (χ4n) is 2.37. The van der Waals surface area contributed by atoms with Gasteiger partial charge in [0.2, 0.25) is 0 Å². The summed E-state index contributed by atoms with van der Waals surface area (Å²) in [4.78, 5) is 14.5. The first kappa shape index (κ1) is 13.9. The molecule has 2 rings (SSSR count). The predicted octanol–water partition coefficient (Wildman–Crippen LogP) is 4.05. The van der Waals surface area contributed by atoms with E-state index < -0.39 is 0 Å². The molecule has 0 N–H and O–H groups in total. The first-order chi connectivity index (χ1) is 8.58. The Labute approximate surface area is 118 Å². The van der Waals surface area contributed by atoms with Gasteiger partial charge in [0.25, 0.3) is 0 Å². The van der Waals surface area contributed by atoms with Gasteiger partial charge in [0, 0.05) is 16.6 Å². The summed E-state index contributed by atoms with van der Waals surface area (Å²) in [6, 6.07) is 5.50. The van der Waals surface area contributed by atoms with Crippen molar-refractivity contribution < 1.29 is 4.79 Å². The highest BCUT2D eigenvalue weighted by molar-refractivity contribution is 6.36. The van der Waals surface area contributed by atoms with Gasteiger partial charge in [-0.1, -0.05) is 29.6 Å². The number of ketones is 1. The van der Waals surface area contributed by atoms with Crippen LogP contribution in [-0.4, -0.2) is 29.8 Å². The molecule has 18 heavy (non-hydrogen) atoms. The van der Waals surface area contributed by atoms with Gasteiger partial charge in [0.15, 0.2) is 5.78 Å². The van der Waals surface area contributed by atoms with Gasteiger partial charge in [-0.15, -0.1) is 0 Å². The molecule has 1 saturated heterocycles. The lowest BCUT2D eigenvalue weighted by atomic mass is 10.0. The molecule has 1 aliphatic rings. The van der Waals surface area contributed by atoms with Gasteiger partial charge in [0.05, 0.1) is 11.6 Å². The molecule has 2 nitrogen and oxygen atoms in total. The van der Waals surface area contributed by atoms with Crippen LogP contribution in [0.5, 0.6) is 0 Å². The van der Waals surface area contributed by atoms with E-state index in [9.17, 15) is 4.79 Å². The molecule has 0 aromatic heterocycles. The van der Waals surface area contributed by atoms with Gasteiger partial charge in [-0.2, -0.15) is 0 Å². The molecule has 0 amide bonds. The van der Waals surface area contributed by atoms with Crippen LogP contribution in [0.15, 0.2) is 18.2 Å². The smallest absolute Gasteiger partial charge is 0.178 e. The second kappa shape index (κ2) is 6.05. The highest BCUT2D eigenvalue weighted by Crippen LogP contribution is 2.23. The minimum atomic E-state index is 0.0521. The summed E-state index contributed by atoms with van der Waals surface area (Å²) < 4.78 is 0. The van der Waals surface area contributed by atoms with Crippen LogP contribution in [0, 0.1) is 0 Å². The summed E-state index contributed by atoms with van der Waals surface area (Å²) in [6.45, 7) is 3.60. The maximum absolute atomic E-state index is 12.2. The zero-order valence-corrected chi connectivity index (χ0v) is 12.0. The second-order valence-electron chi connectivity index (χ2n) is 4.86. The van der Waals surface area contributed by atoms with Crippen LogP contribution >= 0.6 is 23.2 Å². The number of hydrogen-bond acceptors (Lipinski definition) is 2. The molecular weight excluding hydrogens is 269 g/mol. The number of rotatable bonds is 3. The Morgan fingerprint density at radius 2 is 2.17 bits per heavy atom. The van der Waals surface area contributed by atoms with Crippen molar-refractivity contribution >= 4 is 29.0 Å². The first-order valence-electron chi connectivity index (χ1n) is 6.30. The lowest BCUT2D eigenvalue weighted by Crippen LogP contribution is -2.40. The van der Waals surface area contributed by atoms with Crippen molar-refractivity contribution in [2.24, 2.45) is 0 Å². The number of likely N-dealkylation sites (tertiary alicyclic amines) is 1. The van der Waals surface area contributed by atoms with Crippen molar-refractivity contribution in [3.05, 3.63) is 33.8 Å². The number of nitrogens with zero attached hydrogens (tertiary/aromatic N) is 1. The standard InChI is InChI=1S/C14H17Cl2NO/c1-10-4-2-3-7-17(10)9-14(18)12-8-11(15)5-6-13(12)16/h5-6,8,10H,2-4,7,9H2,1H3/t10-/m0/s1. The molecule has 0 radical (unpaired) electrons. The van der Waals surface area contributed by atoms with Crippen molar-refractivity contribution in [2.45, 2.75) is 32.2 Å². The van der Waals surface area contributed by atoms with Crippen LogP contribution in [0.25, 0.3) is 0 Å². The van der Waals surface area contributed by atoms with Gasteiger partial charge in [-0.25, -0.2) is 0 Å². The van der Waals surface area contributed by atoms with Crippen molar-refractivity contribution in [3.8, 4) is 0 Å². The molecule has 1 aromatic rings. The van der Waals surface area contributed by atoms with Crippen LogP contribution in [0.3, 0.4) is 0 Å². The van der Waals surface area contributed by atoms with Gasteiger partial charge in [-0.3, -0.25) is 9.69 Å². The van der Waals surface area contributed by atoms with Gasteiger partial charge in [0.1, 0.15) is 0 Å². The summed E-state index contributed by atoms with van der Waals surface area (Å²) in [6.07, 6.45) is 3.58.